The van der Waals surface area contributed by atoms with E-state index in [-0.39, 0.29) is 24.5 Å². The summed E-state index contributed by atoms with van der Waals surface area (Å²) in [6.45, 7) is 3.37. The Hall–Kier alpha value is -0.970. The van der Waals surface area contributed by atoms with Gasteiger partial charge in [-0.25, -0.2) is 4.39 Å². The predicted octanol–water partition coefficient (Wildman–Crippen LogP) is 2.84. The molecule has 0 saturated carbocycles. The van der Waals surface area contributed by atoms with Crippen LogP contribution in [0.2, 0.25) is 0 Å². The Morgan fingerprint density at radius 3 is 2.71 bits per heavy atom. The van der Waals surface area contributed by atoms with Crippen LogP contribution in [0.4, 0.5) is 4.39 Å². The van der Waals surface area contributed by atoms with E-state index in [4.69, 9.17) is 10.8 Å². The fraction of sp³-hybridized carbons (Fsp3) is 0.647. The summed E-state index contributed by atoms with van der Waals surface area (Å²) in [5.41, 5.74) is 7.47. The Bertz CT molecular complexity index is 423. The van der Waals surface area contributed by atoms with E-state index in [0.29, 0.717) is 6.04 Å². The quantitative estimate of drug-likeness (QED) is 0.813. The SMILES string of the molecule is CCC(N)C(c1ccc(F)cc1)N1CCCC1CCCO. The second-order valence-corrected chi connectivity index (χ2v) is 5.97. The number of benzene rings is 1. The fourth-order valence-corrected chi connectivity index (χ4v) is 3.43. The third-order valence-electron chi connectivity index (χ3n) is 4.56. The van der Waals surface area contributed by atoms with Gasteiger partial charge in [0, 0.05) is 18.7 Å². The van der Waals surface area contributed by atoms with E-state index in [1.54, 1.807) is 0 Å². The maximum absolute atomic E-state index is 13.2. The summed E-state index contributed by atoms with van der Waals surface area (Å²) in [5.74, 6) is -0.208. The van der Waals surface area contributed by atoms with Crippen molar-refractivity contribution < 1.29 is 9.50 Å². The van der Waals surface area contributed by atoms with Crippen LogP contribution in [0.25, 0.3) is 0 Å². The van der Waals surface area contributed by atoms with Gasteiger partial charge in [0.2, 0.25) is 0 Å². The van der Waals surface area contributed by atoms with Gasteiger partial charge in [0.05, 0.1) is 6.04 Å². The van der Waals surface area contributed by atoms with Crippen LogP contribution in [0.3, 0.4) is 0 Å². The van der Waals surface area contributed by atoms with Crippen molar-refractivity contribution in [2.24, 2.45) is 5.73 Å². The molecule has 3 N–H and O–H groups in total. The summed E-state index contributed by atoms with van der Waals surface area (Å²) < 4.78 is 13.2. The van der Waals surface area contributed by atoms with Crippen molar-refractivity contribution in [3.8, 4) is 0 Å². The predicted molar refractivity (Wildman–Crippen MR) is 83.5 cm³/mol. The van der Waals surface area contributed by atoms with Gasteiger partial charge in [-0.1, -0.05) is 19.1 Å². The number of rotatable bonds is 7. The Balaban J connectivity index is 2.20. The third-order valence-corrected chi connectivity index (χ3v) is 4.56. The minimum absolute atomic E-state index is 0.0465. The number of hydrogen-bond donors (Lipinski definition) is 2. The first-order valence-electron chi connectivity index (χ1n) is 8.05. The average Bonchev–Trinajstić information content (AvgIpc) is 2.95. The summed E-state index contributed by atoms with van der Waals surface area (Å²) in [4.78, 5) is 2.47. The zero-order chi connectivity index (χ0) is 15.2. The number of hydrogen-bond acceptors (Lipinski definition) is 3. The van der Waals surface area contributed by atoms with Crippen molar-refractivity contribution in [3.63, 3.8) is 0 Å². The average molecular weight is 294 g/mol. The topological polar surface area (TPSA) is 49.5 Å². The molecule has 1 aliphatic rings. The minimum atomic E-state index is -0.208. The minimum Gasteiger partial charge on any atom is -0.396 e. The van der Waals surface area contributed by atoms with Crippen molar-refractivity contribution in [3.05, 3.63) is 35.6 Å². The second kappa shape index (κ2) is 7.87. The van der Waals surface area contributed by atoms with Crippen molar-refractivity contribution >= 4 is 0 Å². The largest absolute Gasteiger partial charge is 0.396 e. The third kappa shape index (κ3) is 4.02. The molecule has 1 saturated heterocycles. The van der Waals surface area contributed by atoms with Crippen molar-refractivity contribution in [2.45, 2.75) is 57.2 Å². The lowest BCUT2D eigenvalue weighted by Gasteiger charge is -2.37. The number of nitrogens with zero attached hydrogens (tertiary/aromatic N) is 1. The highest BCUT2D eigenvalue weighted by Gasteiger charge is 2.33. The van der Waals surface area contributed by atoms with Crippen LogP contribution < -0.4 is 5.73 Å². The zero-order valence-corrected chi connectivity index (χ0v) is 12.8. The van der Waals surface area contributed by atoms with E-state index in [0.717, 1.165) is 37.8 Å². The van der Waals surface area contributed by atoms with Gasteiger partial charge >= 0.3 is 0 Å². The molecule has 4 heteroatoms. The van der Waals surface area contributed by atoms with E-state index in [1.165, 1.54) is 18.6 Å². The smallest absolute Gasteiger partial charge is 0.123 e. The molecule has 1 aromatic carbocycles. The molecule has 0 aliphatic carbocycles. The Labute approximate surface area is 126 Å². The molecular formula is C17H27FN2O. The lowest BCUT2D eigenvalue weighted by Crippen LogP contribution is -2.43. The van der Waals surface area contributed by atoms with Gasteiger partial charge in [-0.3, -0.25) is 4.90 Å². The van der Waals surface area contributed by atoms with Crippen LogP contribution in [-0.4, -0.2) is 35.2 Å². The van der Waals surface area contributed by atoms with E-state index in [1.807, 2.05) is 12.1 Å². The highest BCUT2D eigenvalue weighted by atomic mass is 19.1. The van der Waals surface area contributed by atoms with Crippen molar-refractivity contribution in [1.82, 2.24) is 4.90 Å². The lowest BCUT2D eigenvalue weighted by molar-refractivity contribution is 0.140. The van der Waals surface area contributed by atoms with E-state index < -0.39 is 0 Å². The van der Waals surface area contributed by atoms with Crippen LogP contribution in [0.1, 0.15) is 50.6 Å². The van der Waals surface area contributed by atoms with E-state index >= 15 is 0 Å². The van der Waals surface area contributed by atoms with Crippen LogP contribution in [0.5, 0.6) is 0 Å². The summed E-state index contributed by atoms with van der Waals surface area (Å²) in [6, 6.07) is 7.41. The molecule has 1 heterocycles. The molecule has 3 nitrogen and oxygen atoms in total. The lowest BCUT2D eigenvalue weighted by atomic mass is 9.95. The van der Waals surface area contributed by atoms with Gasteiger partial charge in [-0.05, 0) is 56.3 Å². The summed E-state index contributed by atoms with van der Waals surface area (Å²) >= 11 is 0. The fourth-order valence-electron chi connectivity index (χ4n) is 3.43. The first kappa shape index (κ1) is 16.4. The molecule has 0 bridgehead atoms. The standard InChI is InChI=1S/C17H27FN2O/c1-2-16(19)17(13-7-9-14(18)10-8-13)20-11-3-5-15(20)6-4-12-21/h7-10,15-17,21H,2-6,11-12,19H2,1H3. The van der Waals surface area contributed by atoms with Crippen molar-refractivity contribution in [1.29, 1.82) is 0 Å². The van der Waals surface area contributed by atoms with Crippen molar-refractivity contribution in [2.75, 3.05) is 13.2 Å². The molecule has 0 aromatic heterocycles. The van der Waals surface area contributed by atoms with Gasteiger partial charge < -0.3 is 10.8 Å². The molecule has 0 amide bonds. The van der Waals surface area contributed by atoms with Crippen LogP contribution in [0.15, 0.2) is 24.3 Å². The Morgan fingerprint density at radius 2 is 2.10 bits per heavy atom. The summed E-state index contributed by atoms with van der Waals surface area (Å²) in [7, 11) is 0. The van der Waals surface area contributed by atoms with Crippen LogP contribution in [-0.2, 0) is 0 Å². The zero-order valence-electron chi connectivity index (χ0n) is 12.8. The number of nitrogens with two attached hydrogens (primary N) is 1. The first-order valence-corrected chi connectivity index (χ1v) is 8.05. The molecular weight excluding hydrogens is 267 g/mol. The maximum Gasteiger partial charge on any atom is 0.123 e. The second-order valence-electron chi connectivity index (χ2n) is 5.97. The number of halogens is 1. The molecule has 3 atom stereocenters. The molecule has 1 aliphatic heterocycles. The first-order chi connectivity index (χ1) is 10.2. The highest BCUT2D eigenvalue weighted by Crippen LogP contribution is 2.34. The molecule has 3 unspecified atom stereocenters. The summed E-state index contributed by atoms with van der Waals surface area (Å²) in [6.07, 6.45) is 5.06. The van der Waals surface area contributed by atoms with Crippen LogP contribution >= 0.6 is 0 Å². The normalized spacial score (nSPS) is 22.4. The highest BCUT2D eigenvalue weighted by molar-refractivity contribution is 5.22. The number of aliphatic hydroxyl groups is 1. The molecule has 2 rings (SSSR count). The van der Waals surface area contributed by atoms with Crippen LogP contribution in [0, 0.1) is 5.82 Å². The Kier molecular flexibility index (Phi) is 6.15. The van der Waals surface area contributed by atoms with Gasteiger partial charge in [0.1, 0.15) is 5.82 Å². The molecule has 1 aromatic rings. The summed E-state index contributed by atoms with van der Waals surface area (Å²) in [5, 5.41) is 9.07. The molecule has 1 fully saturated rings. The Morgan fingerprint density at radius 1 is 1.38 bits per heavy atom. The van der Waals surface area contributed by atoms with E-state index in [9.17, 15) is 4.39 Å². The molecule has 0 spiro atoms. The van der Waals surface area contributed by atoms with Gasteiger partial charge in [-0.2, -0.15) is 0 Å². The number of aliphatic hydroxyl groups excluding tert-OH is 1. The monoisotopic (exact) mass is 294 g/mol. The van der Waals surface area contributed by atoms with Gasteiger partial charge in [-0.15, -0.1) is 0 Å². The molecule has 0 radical (unpaired) electrons. The van der Waals surface area contributed by atoms with E-state index in [2.05, 4.69) is 11.8 Å². The number of likely N-dealkylation sites (tertiary alicyclic amines) is 1. The molecule has 118 valence electrons. The maximum atomic E-state index is 13.2. The van der Waals surface area contributed by atoms with Gasteiger partial charge in [0.15, 0.2) is 0 Å². The van der Waals surface area contributed by atoms with Gasteiger partial charge in [0.25, 0.3) is 0 Å². The molecule has 21 heavy (non-hydrogen) atoms.